The molecule has 0 aliphatic carbocycles. The molecule has 4 rings (SSSR count). The Hall–Kier alpha value is -2.41. The zero-order valence-electron chi connectivity index (χ0n) is 16.8. The van der Waals surface area contributed by atoms with Gasteiger partial charge in [-0.2, -0.15) is 0 Å². The number of carbonyl (C=O) groups excluding carboxylic acids is 1. The van der Waals surface area contributed by atoms with Crippen LogP contribution < -0.4 is 10.6 Å². The second-order valence-electron chi connectivity index (χ2n) is 8.15. The Balaban J connectivity index is 1.29. The minimum Gasteiger partial charge on any atom is -0.337 e. The molecule has 2 aliphatic rings. The first-order valence-corrected chi connectivity index (χ1v) is 10.4. The summed E-state index contributed by atoms with van der Waals surface area (Å²) < 4.78 is 2.11. The van der Waals surface area contributed by atoms with E-state index in [-0.39, 0.29) is 6.03 Å². The van der Waals surface area contributed by atoms with Gasteiger partial charge in [0.05, 0.1) is 6.54 Å². The number of aromatic nitrogens is 3. The number of hydrogen-bond acceptors (Lipinski definition) is 4. The molecule has 1 atom stereocenters. The fraction of sp³-hybridized carbons (Fsp3) is 0.571. The average Bonchev–Trinajstić information content (AvgIpc) is 3.30. The number of amides is 2. The molecule has 0 spiro atoms. The van der Waals surface area contributed by atoms with Crippen LogP contribution in [0.15, 0.2) is 24.3 Å². The third kappa shape index (κ3) is 4.04. The standard InChI is InChI=1S/C21H30N6O/c1-15(2)18(26-11-9-16-6-3-4-7-17(16)14-26)12-22-21(28)23-13-20-25-24-19-8-5-10-27(19)20/h3-4,6-7,15,18H,5,8-14H2,1-2H3,(H2,22,23,28). The number of fused-ring (bicyclic) bond motifs is 2. The first-order chi connectivity index (χ1) is 13.6. The van der Waals surface area contributed by atoms with Gasteiger partial charge in [0.15, 0.2) is 5.82 Å². The van der Waals surface area contributed by atoms with Crippen LogP contribution >= 0.6 is 0 Å². The monoisotopic (exact) mass is 382 g/mol. The lowest BCUT2D eigenvalue weighted by atomic mass is 9.95. The number of hydrogen-bond donors (Lipinski definition) is 2. The highest BCUT2D eigenvalue weighted by Gasteiger charge is 2.26. The molecular weight excluding hydrogens is 352 g/mol. The summed E-state index contributed by atoms with van der Waals surface area (Å²) in [5.41, 5.74) is 2.86. The summed E-state index contributed by atoms with van der Waals surface area (Å²) in [7, 11) is 0. The van der Waals surface area contributed by atoms with Crippen LogP contribution in [0.3, 0.4) is 0 Å². The van der Waals surface area contributed by atoms with Gasteiger partial charge in [-0.25, -0.2) is 4.79 Å². The fourth-order valence-corrected chi connectivity index (χ4v) is 4.35. The summed E-state index contributed by atoms with van der Waals surface area (Å²) in [6, 6.07) is 8.85. The highest BCUT2D eigenvalue weighted by Crippen LogP contribution is 2.22. The van der Waals surface area contributed by atoms with Crippen molar-refractivity contribution in [3.05, 3.63) is 47.0 Å². The summed E-state index contributed by atoms with van der Waals surface area (Å²) in [5, 5.41) is 14.4. The van der Waals surface area contributed by atoms with Crippen molar-refractivity contribution >= 4 is 6.03 Å². The number of aryl methyl sites for hydroxylation is 1. The Labute approximate surface area is 166 Å². The molecule has 0 saturated heterocycles. The summed E-state index contributed by atoms with van der Waals surface area (Å²) >= 11 is 0. The third-order valence-corrected chi connectivity index (χ3v) is 5.96. The lowest BCUT2D eigenvalue weighted by molar-refractivity contribution is 0.137. The highest BCUT2D eigenvalue weighted by atomic mass is 16.2. The van der Waals surface area contributed by atoms with Crippen LogP contribution in [0.25, 0.3) is 0 Å². The Kier molecular flexibility index (Phi) is 5.62. The number of nitrogens with zero attached hydrogens (tertiary/aromatic N) is 4. The minimum atomic E-state index is -0.140. The lowest BCUT2D eigenvalue weighted by Gasteiger charge is -2.38. The number of nitrogens with one attached hydrogen (secondary N) is 2. The normalized spacial score (nSPS) is 17.2. The Morgan fingerprint density at radius 2 is 1.93 bits per heavy atom. The van der Waals surface area contributed by atoms with Gasteiger partial charge in [-0.3, -0.25) is 4.90 Å². The molecule has 1 unspecified atom stereocenters. The summed E-state index contributed by atoms with van der Waals surface area (Å²) in [6.45, 7) is 8.45. The van der Waals surface area contributed by atoms with E-state index in [4.69, 9.17) is 0 Å². The largest absolute Gasteiger partial charge is 0.337 e. The van der Waals surface area contributed by atoms with Crippen molar-refractivity contribution in [3.63, 3.8) is 0 Å². The molecule has 28 heavy (non-hydrogen) atoms. The zero-order chi connectivity index (χ0) is 19.5. The lowest BCUT2D eigenvalue weighted by Crippen LogP contribution is -2.50. The molecule has 2 aromatic rings. The number of urea groups is 1. The molecular formula is C21H30N6O. The van der Waals surface area contributed by atoms with Crippen molar-refractivity contribution in [2.45, 2.75) is 58.8 Å². The highest BCUT2D eigenvalue weighted by molar-refractivity contribution is 5.73. The molecule has 7 nitrogen and oxygen atoms in total. The van der Waals surface area contributed by atoms with Gasteiger partial charge in [0.25, 0.3) is 0 Å². The first-order valence-electron chi connectivity index (χ1n) is 10.4. The van der Waals surface area contributed by atoms with Crippen LogP contribution in [0, 0.1) is 5.92 Å². The molecule has 7 heteroatoms. The molecule has 1 aromatic heterocycles. The number of rotatable bonds is 6. The van der Waals surface area contributed by atoms with Crippen LogP contribution in [0.4, 0.5) is 4.79 Å². The zero-order valence-corrected chi connectivity index (χ0v) is 16.8. The second kappa shape index (κ2) is 8.31. The van der Waals surface area contributed by atoms with Crippen molar-refractivity contribution in [1.82, 2.24) is 30.3 Å². The molecule has 3 heterocycles. The van der Waals surface area contributed by atoms with Gasteiger partial charge in [-0.05, 0) is 29.9 Å². The topological polar surface area (TPSA) is 75.1 Å². The van der Waals surface area contributed by atoms with Crippen molar-refractivity contribution in [2.24, 2.45) is 5.92 Å². The maximum Gasteiger partial charge on any atom is 0.315 e. The number of benzene rings is 1. The fourth-order valence-electron chi connectivity index (χ4n) is 4.35. The molecule has 2 aliphatic heterocycles. The summed E-state index contributed by atoms with van der Waals surface area (Å²) in [5.74, 6) is 2.34. The molecule has 1 aromatic carbocycles. The molecule has 150 valence electrons. The predicted molar refractivity (Wildman–Crippen MR) is 108 cm³/mol. The van der Waals surface area contributed by atoms with E-state index in [1.54, 1.807) is 0 Å². The van der Waals surface area contributed by atoms with Crippen LogP contribution in [0.1, 0.15) is 43.0 Å². The van der Waals surface area contributed by atoms with Gasteiger partial charge in [-0.1, -0.05) is 38.1 Å². The molecule has 0 radical (unpaired) electrons. The van der Waals surface area contributed by atoms with E-state index in [0.29, 0.717) is 25.0 Å². The predicted octanol–water partition coefficient (Wildman–Crippen LogP) is 2.11. The van der Waals surface area contributed by atoms with Gasteiger partial charge >= 0.3 is 6.03 Å². The van der Waals surface area contributed by atoms with Gasteiger partial charge in [-0.15, -0.1) is 10.2 Å². The van der Waals surface area contributed by atoms with E-state index >= 15 is 0 Å². The Morgan fingerprint density at radius 1 is 1.11 bits per heavy atom. The molecule has 0 fully saturated rings. The smallest absolute Gasteiger partial charge is 0.315 e. The van der Waals surface area contributed by atoms with Gasteiger partial charge in [0.1, 0.15) is 5.82 Å². The molecule has 2 N–H and O–H groups in total. The summed E-state index contributed by atoms with van der Waals surface area (Å²) in [4.78, 5) is 14.8. The van der Waals surface area contributed by atoms with Crippen molar-refractivity contribution in [2.75, 3.05) is 13.1 Å². The van der Waals surface area contributed by atoms with Crippen molar-refractivity contribution in [1.29, 1.82) is 0 Å². The van der Waals surface area contributed by atoms with Gasteiger partial charge < -0.3 is 15.2 Å². The minimum absolute atomic E-state index is 0.140. The molecule has 0 saturated carbocycles. The van der Waals surface area contributed by atoms with Gasteiger partial charge in [0, 0.05) is 38.6 Å². The van der Waals surface area contributed by atoms with E-state index in [1.165, 1.54) is 11.1 Å². The van der Waals surface area contributed by atoms with Crippen LogP contribution in [0.2, 0.25) is 0 Å². The molecule has 0 bridgehead atoms. The van der Waals surface area contributed by atoms with Crippen molar-refractivity contribution < 1.29 is 4.79 Å². The Morgan fingerprint density at radius 3 is 2.75 bits per heavy atom. The second-order valence-corrected chi connectivity index (χ2v) is 8.15. The average molecular weight is 383 g/mol. The number of carbonyl (C=O) groups is 1. The quantitative estimate of drug-likeness (QED) is 0.802. The maximum absolute atomic E-state index is 12.3. The van der Waals surface area contributed by atoms with E-state index in [0.717, 1.165) is 50.5 Å². The Bertz CT molecular complexity index is 830. The first kappa shape index (κ1) is 18.9. The van der Waals surface area contributed by atoms with E-state index < -0.39 is 0 Å². The van der Waals surface area contributed by atoms with E-state index in [1.807, 2.05) is 0 Å². The third-order valence-electron chi connectivity index (χ3n) is 5.96. The SMILES string of the molecule is CC(C)C(CNC(=O)NCc1nnc2n1CCC2)N1CCc2ccccc2C1. The van der Waals surface area contributed by atoms with Crippen LogP contribution in [-0.2, 0) is 32.5 Å². The van der Waals surface area contributed by atoms with E-state index in [9.17, 15) is 4.79 Å². The van der Waals surface area contributed by atoms with Gasteiger partial charge in [0.2, 0.25) is 0 Å². The van der Waals surface area contributed by atoms with Crippen molar-refractivity contribution in [3.8, 4) is 0 Å². The van der Waals surface area contributed by atoms with Crippen LogP contribution in [-0.4, -0.2) is 44.8 Å². The molecule has 2 amide bonds. The van der Waals surface area contributed by atoms with E-state index in [2.05, 4.69) is 68.4 Å². The van der Waals surface area contributed by atoms with Crippen LogP contribution in [0.5, 0.6) is 0 Å². The maximum atomic E-state index is 12.3. The summed E-state index contributed by atoms with van der Waals surface area (Å²) in [6.07, 6.45) is 3.16.